The number of Topliss-reactive ketones (excluding diaryl/α,β-unsaturated/α-hetero) is 2. The minimum absolute atomic E-state index is 0.0770. The van der Waals surface area contributed by atoms with Gasteiger partial charge < -0.3 is 0 Å². The third-order valence-corrected chi connectivity index (χ3v) is 8.17. The summed E-state index contributed by atoms with van der Waals surface area (Å²) in [4.78, 5) is 24.7. The molecule has 0 spiro atoms. The Labute approximate surface area is 233 Å². The van der Waals surface area contributed by atoms with Gasteiger partial charge >= 0.3 is 0 Å². The lowest BCUT2D eigenvalue weighted by molar-refractivity contribution is -0.127. The van der Waals surface area contributed by atoms with Gasteiger partial charge in [-0.3, -0.25) is 9.59 Å². The lowest BCUT2D eigenvalue weighted by Gasteiger charge is -2.10. The highest BCUT2D eigenvalue weighted by atomic mass is 16.1. The minimum Gasteiger partial charge on any atom is -0.300 e. The molecular formula is C35H68O2. The first-order chi connectivity index (χ1) is 18.1. The van der Waals surface area contributed by atoms with Crippen molar-refractivity contribution in [3.8, 4) is 0 Å². The highest BCUT2D eigenvalue weighted by molar-refractivity contribution is 5.87. The third-order valence-electron chi connectivity index (χ3n) is 8.17. The van der Waals surface area contributed by atoms with E-state index in [2.05, 4.69) is 13.8 Å². The van der Waals surface area contributed by atoms with Gasteiger partial charge in [0.25, 0.3) is 0 Å². The van der Waals surface area contributed by atoms with Crippen LogP contribution in [0.5, 0.6) is 0 Å². The van der Waals surface area contributed by atoms with Crippen LogP contribution < -0.4 is 0 Å². The van der Waals surface area contributed by atoms with Crippen molar-refractivity contribution in [3.63, 3.8) is 0 Å². The zero-order valence-electron chi connectivity index (χ0n) is 25.9. The summed E-state index contributed by atoms with van der Waals surface area (Å²) in [5.74, 6) is 0.530. The summed E-state index contributed by atoms with van der Waals surface area (Å²) in [5, 5.41) is 0. The van der Waals surface area contributed by atoms with Gasteiger partial charge in [0.2, 0.25) is 0 Å². The summed E-state index contributed by atoms with van der Waals surface area (Å²) in [5.41, 5.74) is 0. The molecule has 0 aliphatic rings. The monoisotopic (exact) mass is 521 g/mol. The SMILES string of the molecule is CCCCCCCCCCCCCCCC(=O)CC(C)C(=O)CCCCCCCCCCCCCCC. The molecule has 0 bridgehead atoms. The predicted octanol–water partition coefficient (Wildman–Crippen LogP) is 12.1. The van der Waals surface area contributed by atoms with Crippen LogP contribution in [0.1, 0.15) is 207 Å². The van der Waals surface area contributed by atoms with E-state index in [0.29, 0.717) is 30.8 Å². The molecule has 220 valence electrons. The van der Waals surface area contributed by atoms with Crippen LogP contribution in [0.4, 0.5) is 0 Å². The lowest BCUT2D eigenvalue weighted by atomic mass is 9.93. The summed E-state index contributed by atoms with van der Waals surface area (Å²) in [6.45, 7) is 6.52. The molecule has 0 heterocycles. The Morgan fingerprint density at radius 3 is 1.00 bits per heavy atom. The first-order valence-corrected chi connectivity index (χ1v) is 17.2. The number of unbranched alkanes of at least 4 members (excludes halogenated alkanes) is 24. The Hall–Kier alpha value is -0.660. The van der Waals surface area contributed by atoms with Crippen LogP contribution >= 0.6 is 0 Å². The van der Waals surface area contributed by atoms with Gasteiger partial charge in [-0.15, -0.1) is 0 Å². The average molecular weight is 521 g/mol. The van der Waals surface area contributed by atoms with Crippen molar-refractivity contribution >= 4 is 11.6 Å². The van der Waals surface area contributed by atoms with E-state index < -0.39 is 0 Å². The smallest absolute Gasteiger partial charge is 0.136 e. The van der Waals surface area contributed by atoms with E-state index in [1.54, 1.807) is 0 Å². The number of hydrogen-bond donors (Lipinski definition) is 0. The molecule has 0 aromatic rings. The van der Waals surface area contributed by atoms with Crippen LogP contribution in [0.3, 0.4) is 0 Å². The standard InChI is InChI=1S/C35H68O2/c1-4-6-8-10-12-14-16-18-20-22-24-26-28-30-34(36)32-33(3)35(37)31-29-27-25-23-21-19-17-15-13-11-9-7-5-2/h33H,4-32H2,1-3H3. The van der Waals surface area contributed by atoms with E-state index in [-0.39, 0.29) is 5.92 Å². The molecule has 0 aliphatic heterocycles. The van der Waals surface area contributed by atoms with Crippen LogP contribution in [0.2, 0.25) is 0 Å². The highest BCUT2D eigenvalue weighted by Crippen LogP contribution is 2.17. The van der Waals surface area contributed by atoms with Gasteiger partial charge in [-0.05, 0) is 12.8 Å². The topological polar surface area (TPSA) is 34.1 Å². The Morgan fingerprint density at radius 1 is 0.405 bits per heavy atom. The molecule has 0 aliphatic carbocycles. The molecule has 0 saturated carbocycles. The second kappa shape index (κ2) is 29.9. The second-order valence-electron chi connectivity index (χ2n) is 12.1. The number of rotatable bonds is 31. The van der Waals surface area contributed by atoms with E-state index in [1.807, 2.05) is 6.92 Å². The number of carbonyl (C=O) groups is 2. The molecule has 0 rings (SSSR count). The molecule has 0 radical (unpaired) electrons. The number of hydrogen-bond acceptors (Lipinski definition) is 2. The summed E-state index contributed by atoms with van der Waals surface area (Å²) < 4.78 is 0. The van der Waals surface area contributed by atoms with Crippen molar-refractivity contribution in [1.29, 1.82) is 0 Å². The summed E-state index contributed by atoms with van der Waals surface area (Å²) in [6, 6.07) is 0. The summed E-state index contributed by atoms with van der Waals surface area (Å²) >= 11 is 0. The first-order valence-electron chi connectivity index (χ1n) is 17.2. The maximum atomic E-state index is 12.4. The lowest BCUT2D eigenvalue weighted by Crippen LogP contribution is -2.15. The molecule has 0 amide bonds. The molecule has 1 atom stereocenters. The van der Waals surface area contributed by atoms with Crippen LogP contribution in [0.15, 0.2) is 0 Å². The Kier molecular flexibility index (Phi) is 29.4. The molecule has 1 unspecified atom stereocenters. The van der Waals surface area contributed by atoms with E-state index in [9.17, 15) is 9.59 Å². The minimum atomic E-state index is -0.0770. The third kappa shape index (κ3) is 28.2. The van der Waals surface area contributed by atoms with Gasteiger partial charge in [0.15, 0.2) is 0 Å². The van der Waals surface area contributed by atoms with Crippen molar-refractivity contribution in [3.05, 3.63) is 0 Å². The largest absolute Gasteiger partial charge is 0.300 e. The zero-order valence-corrected chi connectivity index (χ0v) is 25.9. The van der Waals surface area contributed by atoms with Crippen LogP contribution in [-0.2, 0) is 9.59 Å². The molecule has 0 saturated heterocycles. The van der Waals surface area contributed by atoms with Crippen LogP contribution in [0, 0.1) is 5.92 Å². The van der Waals surface area contributed by atoms with Crippen molar-refractivity contribution in [2.45, 2.75) is 207 Å². The first kappa shape index (κ1) is 36.3. The molecule has 2 heteroatoms. The highest BCUT2D eigenvalue weighted by Gasteiger charge is 2.16. The molecule has 0 aromatic heterocycles. The van der Waals surface area contributed by atoms with Gasteiger partial charge in [0.1, 0.15) is 11.6 Å². The predicted molar refractivity (Wildman–Crippen MR) is 164 cm³/mol. The van der Waals surface area contributed by atoms with Crippen molar-refractivity contribution < 1.29 is 9.59 Å². The molecule has 2 nitrogen and oxygen atoms in total. The van der Waals surface area contributed by atoms with Gasteiger partial charge in [-0.1, -0.05) is 175 Å². The quantitative estimate of drug-likeness (QED) is 0.0851. The van der Waals surface area contributed by atoms with E-state index in [0.717, 1.165) is 12.8 Å². The fourth-order valence-electron chi connectivity index (χ4n) is 5.46. The average Bonchev–Trinajstić information content (AvgIpc) is 2.89. The van der Waals surface area contributed by atoms with E-state index >= 15 is 0 Å². The molecule has 0 N–H and O–H groups in total. The maximum absolute atomic E-state index is 12.4. The molecule has 0 fully saturated rings. The molecule has 37 heavy (non-hydrogen) atoms. The number of ketones is 2. The van der Waals surface area contributed by atoms with Gasteiger partial charge in [0.05, 0.1) is 0 Å². The normalized spacial score (nSPS) is 12.2. The van der Waals surface area contributed by atoms with Crippen molar-refractivity contribution in [1.82, 2.24) is 0 Å². The van der Waals surface area contributed by atoms with Crippen LogP contribution in [0.25, 0.3) is 0 Å². The summed E-state index contributed by atoms with van der Waals surface area (Å²) in [7, 11) is 0. The maximum Gasteiger partial charge on any atom is 0.136 e. The summed E-state index contributed by atoms with van der Waals surface area (Å²) in [6.07, 6.45) is 36.4. The van der Waals surface area contributed by atoms with Gasteiger partial charge in [-0.25, -0.2) is 0 Å². The Bertz CT molecular complexity index is 484. The second-order valence-corrected chi connectivity index (χ2v) is 12.1. The Morgan fingerprint density at radius 2 is 0.676 bits per heavy atom. The number of carbonyl (C=O) groups excluding carboxylic acids is 2. The van der Waals surface area contributed by atoms with Crippen molar-refractivity contribution in [2.75, 3.05) is 0 Å². The molecular weight excluding hydrogens is 452 g/mol. The van der Waals surface area contributed by atoms with Gasteiger partial charge in [-0.2, -0.15) is 0 Å². The van der Waals surface area contributed by atoms with Crippen LogP contribution in [-0.4, -0.2) is 11.6 Å². The zero-order chi connectivity index (χ0) is 27.2. The fourth-order valence-corrected chi connectivity index (χ4v) is 5.46. The van der Waals surface area contributed by atoms with E-state index in [1.165, 1.54) is 154 Å². The van der Waals surface area contributed by atoms with Gasteiger partial charge in [0, 0.05) is 25.2 Å². The Balaban J connectivity index is 3.43. The fraction of sp³-hybridized carbons (Fsp3) is 0.943. The van der Waals surface area contributed by atoms with Crippen molar-refractivity contribution in [2.24, 2.45) is 5.92 Å². The van der Waals surface area contributed by atoms with E-state index in [4.69, 9.17) is 0 Å². The molecule has 0 aromatic carbocycles.